The first kappa shape index (κ1) is 24.7. The summed E-state index contributed by atoms with van der Waals surface area (Å²) in [6, 6.07) is 13.2. The maximum Gasteiger partial charge on any atom is 0.413 e. The molecule has 2 saturated heterocycles. The molecule has 3 amide bonds. The van der Waals surface area contributed by atoms with E-state index in [2.05, 4.69) is 0 Å². The van der Waals surface area contributed by atoms with Crippen LogP contribution in [0, 0.1) is 5.82 Å². The zero-order valence-electron chi connectivity index (χ0n) is 20.8. The number of carbonyl (C=O) groups excluding carboxylic acids is 2. The molecule has 35 heavy (non-hydrogen) atoms. The quantitative estimate of drug-likeness (QED) is 0.566. The van der Waals surface area contributed by atoms with Gasteiger partial charge in [0.15, 0.2) is 0 Å². The Balaban J connectivity index is 1.43. The summed E-state index contributed by atoms with van der Waals surface area (Å²) in [4.78, 5) is 30.7. The van der Waals surface area contributed by atoms with E-state index in [0.717, 1.165) is 11.3 Å². The number of hydrogen-bond donors (Lipinski definition) is 0. The van der Waals surface area contributed by atoms with Crippen LogP contribution in [0.5, 0.6) is 0 Å². The van der Waals surface area contributed by atoms with Gasteiger partial charge >= 0.3 is 12.1 Å². The van der Waals surface area contributed by atoms with Gasteiger partial charge < -0.3 is 9.47 Å². The number of urea groups is 1. The third kappa shape index (κ3) is 5.48. The molecule has 2 aliphatic rings. The molecule has 2 fully saturated rings. The summed E-state index contributed by atoms with van der Waals surface area (Å²) in [5.74, 6) is -0.331. The minimum atomic E-state index is -0.770. The maximum absolute atomic E-state index is 13.2. The van der Waals surface area contributed by atoms with Gasteiger partial charge in [-0.3, -0.25) is 14.7 Å². The molecule has 8 heteroatoms. The molecule has 0 bridgehead atoms. The van der Waals surface area contributed by atoms with Crippen LogP contribution in [0.25, 0.3) is 6.08 Å². The van der Waals surface area contributed by atoms with E-state index in [1.165, 1.54) is 12.1 Å². The van der Waals surface area contributed by atoms with Gasteiger partial charge in [-0.1, -0.05) is 24.3 Å². The van der Waals surface area contributed by atoms with E-state index in [4.69, 9.17) is 9.47 Å². The molecule has 1 atom stereocenters. The van der Waals surface area contributed by atoms with Gasteiger partial charge in [0, 0.05) is 24.5 Å². The molecular formula is C27H32FN3O4. The van der Waals surface area contributed by atoms with E-state index in [1.54, 1.807) is 26.8 Å². The fraction of sp³-hybridized carbons (Fsp3) is 0.407. The Morgan fingerprint density at radius 1 is 1.03 bits per heavy atom. The molecule has 2 aromatic rings. The van der Waals surface area contributed by atoms with Crippen LogP contribution in [0.4, 0.5) is 25.4 Å². The summed E-state index contributed by atoms with van der Waals surface area (Å²) in [6.07, 6.45) is 3.46. The molecule has 2 aromatic carbocycles. The first-order valence-electron chi connectivity index (χ1n) is 11.7. The standard InChI is InChI=1S/C27H32FN3O4/c1-26(2,3)35-25(33)31-23(18-34-27(31,4)5)13-8-19-6-11-21(12-7-19)29-16-17-30(24(29)32)22-14-9-20(28)10-15-22/h6-15,23H,16-18H2,1-5H3. The van der Waals surface area contributed by atoms with Crippen LogP contribution in [0.3, 0.4) is 0 Å². The highest BCUT2D eigenvalue weighted by Crippen LogP contribution is 2.31. The van der Waals surface area contributed by atoms with Crippen LogP contribution in [0.15, 0.2) is 54.6 Å². The SMILES string of the molecule is CC(C)(C)OC(=O)N1C(C=Cc2ccc(N3CCN(c4ccc(F)cc4)C3=O)cc2)COC1(C)C. The average molecular weight is 482 g/mol. The Labute approximate surface area is 205 Å². The Morgan fingerprint density at radius 3 is 2.11 bits per heavy atom. The predicted molar refractivity (Wildman–Crippen MR) is 134 cm³/mol. The number of anilines is 2. The zero-order chi connectivity index (χ0) is 25.4. The van der Waals surface area contributed by atoms with Crippen LogP contribution >= 0.6 is 0 Å². The Bertz CT molecular complexity index is 1110. The number of nitrogens with zero attached hydrogens (tertiary/aromatic N) is 3. The third-order valence-electron chi connectivity index (χ3n) is 5.97. The van der Waals surface area contributed by atoms with Gasteiger partial charge in [0.1, 0.15) is 17.1 Å². The van der Waals surface area contributed by atoms with Crippen molar-refractivity contribution in [2.24, 2.45) is 0 Å². The molecule has 1 unspecified atom stereocenters. The normalized spacial score (nSPS) is 20.2. The van der Waals surface area contributed by atoms with Crippen molar-refractivity contribution < 1.29 is 23.5 Å². The van der Waals surface area contributed by atoms with Crippen molar-refractivity contribution in [1.29, 1.82) is 0 Å². The summed E-state index contributed by atoms with van der Waals surface area (Å²) in [6.45, 7) is 10.7. The Morgan fingerprint density at radius 2 is 1.57 bits per heavy atom. The van der Waals surface area contributed by atoms with E-state index in [1.807, 2.05) is 71.0 Å². The summed E-state index contributed by atoms with van der Waals surface area (Å²) in [5.41, 5.74) is 1.03. The van der Waals surface area contributed by atoms with Gasteiger partial charge in [0.05, 0.1) is 12.6 Å². The number of carbonyl (C=O) groups is 2. The van der Waals surface area contributed by atoms with Crippen molar-refractivity contribution >= 4 is 29.6 Å². The van der Waals surface area contributed by atoms with Gasteiger partial charge in [-0.25, -0.2) is 14.0 Å². The van der Waals surface area contributed by atoms with Crippen LogP contribution in [-0.4, -0.2) is 54.1 Å². The largest absolute Gasteiger partial charge is 0.444 e. The molecular weight excluding hydrogens is 449 g/mol. The zero-order valence-corrected chi connectivity index (χ0v) is 20.8. The lowest BCUT2D eigenvalue weighted by Crippen LogP contribution is -2.49. The van der Waals surface area contributed by atoms with E-state index in [-0.39, 0.29) is 17.9 Å². The number of rotatable bonds is 4. The van der Waals surface area contributed by atoms with Gasteiger partial charge in [-0.15, -0.1) is 0 Å². The summed E-state index contributed by atoms with van der Waals surface area (Å²) >= 11 is 0. The number of benzene rings is 2. The lowest BCUT2D eigenvalue weighted by atomic mass is 10.1. The molecule has 0 radical (unpaired) electrons. The monoisotopic (exact) mass is 481 g/mol. The van der Waals surface area contributed by atoms with E-state index in [0.29, 0.717) is 25.4 Å². The minimum Gasteiger partial charge on any atom is -0.444 e. The van der Waals surface area contributed by atoms with Crippen molar-refractivity contribution in [2.45, 2.75) is 52.0 Å². The molecule has 0 spiro atoms. The number of amides is 3. The first-order valence-corrected chi connectivity index (χ1v) is 11.7. The maximum atomic E-state index is 13.2. The number of ether oxygens (including phenoxy) is 2. The van der Waals surface area contributed by atoms with Crippen LogP contribution < -0.4 is 9.80 Å². The highest BCUT2D eigenvalue weighted by atomic mass is 19.1. The van der Waals surface area contributed by atoms with Crippen LogP contribution in [-0.2, 0) is 9.47 Å². The summed E-state index contributed by atoms with van der Waals surface area (Å²) in [5, 5.41) is 0. The highest BCUT2D eigenvalue weighted by molar-refractivity contribution is 6.06. The first-order chi connectivity index (χ1) is 16.4. The van der Waals surface area contributed by atoms with Crippen molar-refractivity contribution in [1.82, 2.24) is 4.90 Å². The lowest BCUT2D eigenvalue weighted by Gasteiger charge is -2.34. The summed E-state index contributed by atoms with van der Waals surface area (Å²) in [7, 11) is 0. The molecule has 0 saturated carbocycles. The van der Waals surface area contributed by atoms with Gasteiger partial charge in [-0.05, 0) is 76.6 Å². The van der Waals surface area contributed by atoms with Gasteiger partial charge in [0.2, 0.25) is 0 Å². The molecule has 0 aliphatic carbocycles. The molecule has 0 N–H and O–H groups in total. The second-order valence-corrected chi connectivity index (χ2v) is 10.2. The molecule has 0 aromatic heterocycles. The average Bonchev–Trinajstić information content (AvgIpc) is 3.31. The highest BCUT2D eigenvalue weighted by Gasteiger charge is 2.44. The summed E-state index contributed by atoms with van der Waals surface area (Å²) < 4.78 is 24.7. The number of halogens is 1. The second kappa shape index (κ2) is 9.34. The Hall–Kier alpha value is -3.39. The van der Waals surface area contributed by atoms with Crippen LogP contribution in [0.1, 0.15) is 40.2 Å². The van der Waals surface area contributed by atoms with E-state index < -0.39 is 17.4 Å². The lowest BCUT2D eigenvalue weighted by molar-refractivity contribution is -0.0610. The van der Waals surface area contributed by atoms with Crippen molar-refractivity contribution in [3.63, 3.8) is 0 Å². The smallest absolute Gasteiger partial charge is 0.413 e. The second-order valence-electron chi connectivity index (χ2n) is 10.2. The fourth-order valence-corrected chi connectivity index (χ4v) is 4.27. The minimum absolute atomic E-state index is 0.141. The molecule has 7 nitrogen and oxygen atoms in total. The molecule has 4 rings (SSSR count). The molecule has 2 heterocycles. The van der Waals surface area contributed by atoms with Crippen LogP contribution in [0.2, 0.25) is 0 Å². The fourth-order valence-electron chi connectivity index (χ4n) is 4.27. The molecule has 2 aliphatic heterocycles. The van der Waals surface area contributed by atoms with Crippen molar-refractivity contribution in [3.05, 3.63) is 66.0 Å². The van der Waals surface area contributed by atoms with Crippen molar-refractivity contribution in [3.8, 4) is 0 Å². The van der Waals surface area contributed by atoms with E-state index >= 15 is 0 Å². The predicted octanol–water partition coefficient (Wildman–Crippen LogP) is 5.66. The van der Waals surface area contributed by atoms with Gasteiger partial charge in [0.25, 0.3) is 0 Å². The molecule has 186 valence electrons. The Kier molecular flexibility index (Phi) is 6.60. The topological polar surface area (TPSA) is 62.3 Å². The van der Waals surface area contributed by atoms with E-state index in [9.17, 15) is 14.0 Å². The number of hydrogen-bond acceptors (Lipinski definition) is 4. The van der Waals surface area contributed by atoms with Gasteiger partial charge in [-0.2, -0.15) is 0 Å². The third-order valence-corrected chi connectivity index (χ3v) is 5.97. The van der Waals surface area contributed by atoms with Crippen molar-refractivity contribution in [2.75, 3.05) is 29.5 Å².